The molecule has 0 fully saturated rings. The number of rotatable bonds is 13. The zero-order valence-electron chi connectivity index (χ0n) is 21.8. The Morgan fingerprint density at radius 1 is 0.946 bits per heavy atom. The van der Waals surface area contributed by atoms with E-state index in [0.717, 1.165) is 11.0 Å². The molecule has 1 heterocycles. The first kappa shape index (κ1) is 27.7. The molecule has 0 aliphatic rings. The van der Waals surface area contributed by atoms with Gasteiger partial charge in [0.05, 0.1) is 23.2 Å². The average molecular weight is 509 g/mol. The van der Waals surface area contributed by atoms with Gasteiger partial charge in [-0.3, -0.25) is 23.5 Å². The summed E-state index contributed by atoms with van der Waals surface area (Å²) in [6.07, 6.45) is 2.28. The maximum absolute atomic E-state index is 13.3. The summed E-state index contributed by atoms with van der Waals surface area (Å²) in [5, 5.41) is 6.06. The first-order valence-corrected chi connectivity index (χ1v) is 12.8. The fourth-order valence-corrected chi connectivity index (χ4v) is 4.05. The predicted octanol–water partition coefficient (Wildman–Crippen LogP) is 3.53. The van der Waals surface area contributed by atoms with Crippen molar-refractivity contribution in [2.45, 2.75) is 59.5 Å². The maximum atomic E-state index is 13.3. The molecule has 0 spiro atoms. The monoisotopic (exact) mass is 508 g/mol. The van der Waals surface area contributed by atoms with Crippen LogP contribution < -0.4 is 26.6 Å². The van der Waals surface area contributed by atoms with E-state index in [1.807, 2.05) is 13.0 Å². The topological polar surface area (TPSA) is 111 Å². The number of hydrogen-bond acceptors (Lipinski definition) is 5. The number of unbranched alkanes of at least 4 members (excludes halogenated alkanes) is 1. The Labute approximate surface area is 216 Å². The van der Waals surface area contributed by atoms with E-state index in [1.165, 1.54) is 4.57 Å². The molecule has 2 N–H and O–H groups in total. The number of benzene rings is 2. The van der Waals surface area contributed by atoms with E-state index in [1.54, 1.807) is 42.5 Å². The average Bonchev–Trinajstić information content (AvgIpc) is 2.87. The lowest BCUT2D eigenvalue weighted by atomic mass is 10.1. The molecule has 3 rings (SSSR count). The van der Waals surface area contributed by atoms with Crippen LogP contribution in [0.1, 0.15) is 46.5 Å². The van der Waals surface area contributed by atoms with Crippen LogP contribution in [0.15, 0.2) is 58.1 Å². The smallest absolute Gasteiger partial charge is 0.331 e. The Morgan fingerprint density at radius 2 is 1.68 bits per heavy atom. The van der Waals surface area contributed by atoms with Crippen molar-refractivity contribution < 1.29 is 14.3 Å². The van der Waals surface area contributed by atoms with Crippen LogP contribution in [0, 0.1) is 5.92 Å². The highest BCUT2D eigenvalue weighted by atomic mass is 16.5. The third-order valence-electron chi connectivity index (χ3n) is 5.97. The highest BCUT2D eigenvalue weighted by Gasteiger charge is 2.16. The number of nitrogens with zero attached hydrogens (tertiary/aromatic N) is 2. The molecular weight excluding hydrogens is 472 g/mol. The SMILES string of the molecule is CCOc1ccccc1NC(=O)Cn1c(=O)n(CCCCC(=O)NCCC(C)C)c(=O)c2ccccc21. The van der Waals surface area contributed by atoms with E-state index in [4.69, 9.17) is 4.74 Å². The Balaban J connectivity index is 1.75. The molecule has 0 saturated carbocycles. The number of fused-ring (bicyclic) bond motifs is 1. The summed E-state index contributed by atoms with van der Waals surface area (Å²) in [6, 6.07) is 13.8. The molecule has 2 aromatic carbocycles. The molecule has 9 nitrogen and oxygen atoms in total. The Hall–Kier alpha value is -3.88. The molecule has 0 aliphatic heterocycles. The van der Waals surface area contributed by atoms with Crippen molar-refractivity contribution >= 4 is 28.4 Å². The molecule has 0 atom stereocenters. The predicted molar refractivity (Wildman–Crippen MR) is 145 cm³/mol. The molecule has 0 unspecified atom stereocenters. The number of carbonyl (C=O) groups is 2. The Morgan fingerprint density at radius 3 is 2.43 bits per heavy atom. The molecule has 0 aliphatic carbocycles. The van der Waals surface area contributed by atoms with E-state index in [-0.39, 0.29) is 19.0 Å². The molecule has 9 heteroatoms. The van der Waals surface area contributed by atoms with Gasteiger partial charge in [-0.05, 0) is 56.4 Å². The minimum Gasteiger partial charge on any atom is -0.492 e. The Bertz CT molecular complexity index is 1340. The number of ether oxygens (including phenoxy) is 1. The van der Waals surface area contributed by atoms with Gasteiger partial charge in [-0.25, -0.2) is 4.79 Å². The van der Waals surface area contributed by atoms with Gasteiger partial charge >= 0.3 is 5.69 Å². The molecule has 0 radical (unpaired) electrons. The van der Waals surface area contributed by atoms with E-state index in [9.17, 15) is 19.2 Å². The second-order valence-electron chi connectivity index (χ2n) is 9.31. The van der Waals surface area contributed by atoms with Gasteiger partial charge in [0.1, 0.15) is 12.3 Å². The summed E-state index contributed by atoms with van der Waals surface area (Å²) >= 11 is 0. The minimum atomic E-state index is -0.557. The van der Waals surface area contributed by atoms with Crippen LogP contribution in [0.25, 0.3) is 10.9 Å². The summed E-state index contributed by atoms with van der Waals surface area (Å²) in [6.45, 7) is 7.04. The van der Waals surface area contributed by atoms with Gasteiger partial charge < -0.3 is 15.4 Å². The number of aromatic nitrogens is 2. The first-order chi connectivity index (χ1) is 17.8. The van der Waals surface area contributed by atoms with E-state index < -0.39 is 17.2 Å². The van der Waals surface area contributed by atoms with Crippen molar-refractivity contribution in [3.05, 3.63) is 69.4 Å². The highest BCUT2D eigenvalue weighted by molar-refractivity contribution is 5.93. The van der Waals surface area contributed by atoms with Crippen LogP contribution in [0.2, 0.25) is 0 Å². The summed E-state index contributed by atoms with van der Waals surface area (Å²) in [5.74, 6) is 0.605. The standard InChI is InChI=1S/C28H36N4O5/c1-4-37-24-14-8-6-12-22(24)30-26(34)19-32-23-13-7-5-11-21(23)27(35)31(28(32)36)18-10-9-15-25(33)29-17-16-20(2)3/h5-8,11-14,20H,4,9-10,15-19H2,1-3H3,(H,29,33)(H,30,34). The summed E-state index contributed by atoms with van der Waals surface area (Å²) in [5.41, 5.74) is -0.0584. The van der Waals surface area contributed by atoms with Crippen LogP contribution in [0.4, 0.5) is 5.69 Å². The van der Waals surface area contributed by atoms with Crippen LogP contribution in [0.3, 0.4) is 0 Å². The van der Waals surface area contributed by atoms with Crippen molar-refractivity contribution in [2.75, 3.05) is 18.5 Å². The lowest BCUT2D eigenvalue weighted by molar-refractivity contribution is -0.121. The highest BCUT2D eigenvalue weighted by Crippen LogP contribution is 2.23. The lowest BCUT2D eigenvalue weighted by Gasteiger charge is -2.15. The van der Waals surface area contributed by atoms with Gasteiger partial charge in [0.25, 0.3) is 5.56 Å². The zero-order valence-corrected chi connectivity index (χ0v) is 21.8. The second kappa shape index (κ2) is 13.4. The van der Waals surface area contributed by atoms with Crippen molar-refractivity contribution in [3.8, 4) is 5.75 Å². The molecular formula is C28H36N4O5. The number of hydrogen-bond donors (Lipinski definition) is 2. The van der Waals surface area contributed by atoms with E-state index in [2.05, 4.69) is 24.5 Å². The fraction of sp³-hybridized carbons (Fsp3) is 0.429. The quantitative estimate of drug-likeness (QED) is 0.343. The molecule has 3 aromatic rings. The van der Waals surface area contributed by atoms with Crippen LogP contribution in [0.5, 0.6) is 5.75 Å². The number of para-hydroxylation sites is 3. The van der Waals surface area contributed by atoms with E-state index in [0.29, 0.717) is 60.7 Å². The number of amides is 2. The van der Waals surface area contributed by atoms with Crippen molar-refractivity contribution in [1.82, 2.24) is 14.5 Å². The van der Waals surface area contributed by atoms with Gasteiger partial charge in [0, 0.05) is 19.5 Å². The van der Waals surface area contributed by atoms with Gasteiger partial charge in [-0.15, -0.1) is 0 Å². The largest absolute Gasteiger partial charge is 0.492 e. The number of carbonyl (C=O) groups excluding carboxylic acids is 2. The van der Waals surface area contributed by atoms with Crippen molar-refractivity contribution in [2.24, 2.45) is 5.92 Å². The number of nitrogens with one attached hydrogen (secondary N) is 2. The maximum Gasteiger partial charge on any atom is 0.331 e. The third kappa shape index (κ3) is 7.55. The normalized spacial score (nSPS) is 11.0. The van der Waals surface area contributed by atoms with Crippen molar-refractivity contribution in [1.29, 1.82) is 0 Å². The summed E-state index contributed by atoms with van der Waals surface area (Å²) < 4.78 is 8.03. The van der Waals surface area contributed by atoms with Crippen molar-refractivity contribution in [3.63, 3.8) is 0 Å². The molecule has 198 valence electrons. The minimum absolute atomic E-state index is 0.0343. The third-order valence-corrected chi connectivity index (χ3v) is 5.97. The van der Waals surface area contributed by atoms with Crippen LogP contribution in [-0.4, -0.2) is 34.1 Å². The second-order valence-corrected chi connectivity index (χ2v) is 9.31. The van der Waals surface area contributed by atoms with Gasteiger partial charge in [-0.2, -0.15) is 0 Å². The first-order valence-electron chi connectivity index (χ1n) is 12.8. The van der Waals surface area contributed by atoms with Gasteiger partial charge in [-0.1, -0.05) is 38.1 Å². The molecule has 2 amide bonds. The summed E-state index contributed by atoms with van der Waals surface area (Å²) in [4.78, 5) is 51.4. The van der Waals surface area contributed by atoms with Gasteiger partial charge in [0.15, 0.2) is 0 Å². The molecule has 1 aromatic heterocycles. The van der Waals surface area contributed by atoms with Crippen LogP contribution >= 0.6 is 0 Å². The zero-order chi connectivity index (χ0) is 26.8. The fourth-order valence-electron chi connectivity index (χ4n) is 4.05. The number of anilines is 1. The Kier molecular flexibility index (Phi) is 10.1. The molecule has 37 heavy (non-hydrogen) atoms. The molecule has 0 bridgehead atoms. The van der Waals surface area contributed by atoms with E-state index >= 15 is 0 Å². The lowest BCUT2D eigenvalue weighted by Crippen LogP contribution is -2.41. The van der Waals surface area contributed by atoms with Crippen LogP contribution in [-0.2, 0) is 22.7 Å². The molecule has 0 saturated heterocycles. The van der Waals surface area contributed by atoms with Gasteiger partial charge in [0.2, 0.25) is 11.8 Å². The summed E-state index contributed by atoms with van der Waals surface area (Å²) in [7, 11) is 0.